The minimum atomic E-state index is -0.784. The summed E-state index contributed by atoms with van der Waals surface area (Å²) in [5.41, 5.74) is -0.0174. The molecule has 20 heavy (non-hydrogen) atoms. The van der Waals surface area contributed by atoms with Gasteiger partial charge in [-0.1, -0.05) is 11.6 Å². The van der Waals surface area contributed by atoms with E-state index in [0.29, 0.717) is 10.1 Å². The maximum atomic E-state index is 13.3. The van der Waals surface area contributed by atoms with Crippen LogP contribution < -0.4 is 5.32 Å². The van der Waals surface area contributed by atoms with Crippen LogP contribution in [0.5, 0.6) is 0 Å². The fourth-order valence-corrected chi connectivity index (χ4v) is 3.48. The number of hydrogen-bond acceptors (Lipinski definition) is 3. The lowest BCUT2D eigenvalue weighted by molar-refractivity contribution is -0.113. The zero-order valence-electron chi connectivity index (χ0n) is 10.2. The van der Waals surface area contributed by atoms with Gasteiger partial charge in [-0.15, -0.1) is 23.1 Å². The lowest BCUT2D eigenvalue weighted by atomic mass is 10.3. The molecule has 7 heteroatoms. The predicted octanol–water partition coefficient (Wildman–Crippen LogP) is 4.55. The van der Waals surface area contributed by atoms with E-state index in [-0.39, 0.29) is 17.3 Å². The molecule has 1 aromatic heterocycles. The van der Waals surface area contributed by atoms with Crippen molar-refractivity contribution in [2.45, 2.75) is 5.75 Å². The van der Waals surface area contributed by atoms with Gasteiger partial charge < -0.3 is 5.32 Å². The summed E-state index contributed by atoms with van der Waals surface area (Å²) in [6.07, 6.45) is 0. The van der Waals surface area contributed by atoms with Crippen LogP contribution in [0.25, 0.3) is 0 Å². The highest BCUT2D eigenvalue weighted by Gasteiger charge is 2.08. The molecule has 106 valence electrons. The van der Waals surface area contributed by atoms with Crippen LogP contribution in [0.15, 0.2) is 30.3 Å². The van der Waals surface area contributed by atoms with Crippen LogP contribution in [0, 0.1) is 11.6 Å². The topological polar surface area (TPSA) is 29.1 Å². The molecule has 1 amide bonds. The quantitative estimate of drug-likeness (QED) is 0.869. The number of halogens is 3. The first kappa shape index (κ1) is 15.3. The Bertz CT molecular complexity index is 618. The Morgan fingerprint density at radius 2 is 2.10 bits per heavy atom. The first-order chi connectivity index (χ1) is 9.54. The second kappa shape index (κ2) is 7.06. The Labute approximate surface area is 128 Å². The van der Waals surface area contributed by atoms with Crippen LogP contribution in [-0.2, 0) is 10.5 Å². The van der Waals surface area contributed by atoms with E-state index in [0.717, 1.165) is 17.0 Å². The van der Waals surface area contributed by atoms with Crippen LogP contribution in [0.2, 0.25) is 4.34 Å². The van der Waals surface area contributed by atoms with Gasteiger partial charge in [-0.2, -0.15) is 0 Å². The summed E-state index contributed by atoms with van der Waals surface area (Å²) in [7, 11) is 0. The molecular weight excluding hydrogens is 324 g/mol. The van der Waals surface area contributed by atoms with Crippen molar-refractivity contribution in [1.29, 1.82) is 0 Å². The van der Waals surface area contributed by atoms with Gasteiger partial charge in [-0.3, -0.25) is 4.79 Å². The van der Waals surface area contributed by atoms with Gasteiger partial charge in [-0.05, 0) is 24.3 Å². The van der Waals surface area contributed by atoms with Gasteiger partial charge in [0.2, 0.25) is 5.91 Å². The molecule has 0 fully saturated rings. The molecule has 0 bridgehead atoms. The molecule has 0 spiro atoms. The average Bonchev–Trinajstić information content (AvgIpc) is 2.79. The fraction of sp³-hybridized carbons (Fsp3) is 0.154. The number of carbonyl (C=O) groups excluding carboxylic acids is 1. The molecule has 0 atom stereocenters. The standard InChI is InChI=1S/C13H10ClF2NOS2/c14-12-4-2-9(20-12)6-19-7-13(18)17-11-3-1-8(15)5-10(11)16/h1-5H,6-7H2,(H,17,18). The number of rotatable bonds is 5. The summed E-state index contributed by atoms with van der Waals surface area (Å²) in [4.78, 5) is 12.7. The molecular formula is C13H10ClF2NOS2. The summed E-state index contributed by atoms with van der Waals surface area (Å²) in [6.45, 7) is 0. The molecule has 1 N–H and O–H groups in total. The van der Waals surface area contributed by atoms with Crippen molar-refractivity contribution >= 4 is 46.3 Å². The second-order valence-corrected chi connectivity index (χ2v) is 6.66. The normalized spacial score (nSPS) is 10.6. The van der Waals surface area contributed by atoms with E-state index < -0.39 is 11.6 Å². The molecule has 0 aliphatic carbocycles. The number of amides is 1. The molecule has 2 rings (SSSR count). The predicted molar refractivity (Wildman–Crippen MR) is 80.5 cm³/mol. The molecule has 1 heterocycles. The van der Waals surface area contributed by atoms with E-state index in [9.17, 15) is 13.6 Å². The van der Waals surface area contributed by atoms with Crippen LogP contribution >= 0.6 is 34.7 Å². The molecule has 0 saturated heterocycles. The maximum Gasteiger partial charge on any atom is 0.234 e. The Morgan fingerprint density at radius 3 is 2.75 bits per heavy atom. The van der Waals surface area contributed by atoms with E-state index in [2.05, 4.69) is 5.32 Å². The Balaban J connectivity index is 1.80. The molecule has 0 aliphatic heterocycles. The van der Waals surface area contributed by atoms with Crippen LogP contribution in [0.1, 0.15) is 4.88 Å². The van der Waals surface area contributed by atoms with Gasteiger partial charge in [0.25, 0.3) is 0 Å². The van der Waals surface area contributed by atoms with E-state index in [1.54, 1.807) is 6.07 Å². The monoisotopic (exact) mass is 333 g/mol. The minimum absolute atomic E-state index is 0.0174. The fourth-order valence-electron chi connectivity index (χ4n) is 1.45. The van der Waals surface area contributed by atoms with E-state index >= 15 is 0 Å². The molecule has 0 unspecified atom stereocenters. The average molecular weight is 334 g/mol. The second-order valence-electron chi connectivity index (χ2n) is 3.87. The van der Waals surface area contributed by atoms with Crippen LogP contribution in [-0.4, -0.2) is 11.7 Å². The molecule has 0 aliphatic rings. The van der Waals surface area contributed by atoms with E-state index in [4.69, 9.17) is 11.6 Å². The van der Waals surface area contributed by atoms with E-state index in [1.165, 1.54) is 29.2 Å². The zero-order chi connectivity index (χ0) is 14.5. The Hall–Kier alpha value is -1.11. The van der Waals surface area contributed by atoms with Crippen LogP contribution in [0.3, 0.4) is 0 Å². The third kappa shape index (κ3) is 4.47. The molecule has 0 radical (unpaired) electrons. The highest BCUT2D eigenvalue weighted by Crippen LogP contribution is 2.25. The zero-order valence-corrected chi connectivity index (χ0v) is 12.5. The molecule has 0 saturated carbocycles. The lowest BCUT2D eigenvalue weighted by Gasteiger charge is -2.06. The number of thioether (sulfide) groups is 1. The SMILES string of the molecule is O=C(CSCc1ccc(Cl)s1)Nc1ccc(F)cc1F. The first-order valence-corrected chi connectivity index (χ1v) is 7.96. The third-order valence-electron chi connectivity index (χ3n) is 2.31. The van der Waals surface area contributed by atoms with Gasteiger partial charge in [0, 0.05) is 16.7 Å². The van der Waals surface area contributed by atoms with Crippen molar-refractivity contribution in [3.8, 4) is 0 Å². The summed E-state index contributed by atoms with van der Waals surface area (Å²) >= 11 is 8.65. The summed E-state index contributed by atoms with van der Waals surface area (Å²) < 4.78 is 26.7. The van der Waals surface area contributed by atoms with Gasteiger partial charge in [0.15, 0.2) is 0 Å². The number of nitrogens with one attached hydrogen (secondary N) is 1. The molecule has 2 nitrogen and oxygen atoms in total. The van der Waals surface area contributed by atoms with Crippen molar-refractivity contribution in [3.05, 3.63) is 51.2 Å². The summed E-state index contributed by atoms with van der Waals surface area (Å²) in [5.74, 6) is -0.941. The Kier molecular flexibility index (Phi) is 5.39. The van der Waals surface area contributed by atoms with Gasteiger partial charge in [0.05, 0.1) is 15.8 Å². The van der Waals surface area contributed by atoms with Crippen molar-refractivity contribution in [2.24, 2.45) is 0 Å². The minimum Gasteiger partial charge on any atom is -0.323 e. The largest absolute Gasteiger partial charge is 0.323 e. The van der Waals surface area contributed by atoms with Gasteiger partial charge in [-0.25, -0.2) is 8.78 Å². The summed E-state index contributed by atoms with van der Waals surface area (Å²) in [6, 6.07) is 6.73. The van der Waals surface area contributed by atoms with Crippen molar-refractivity contribution in [1.82, 2.24) is 0 Å². The van der Waals surface area contributed by atoms with Crippen molar-refractivity contribution in [2.75, 3.05) is 11.1 Å². The highest BCUT2D eigenvalue weighted by atomic mass is 35.5. The van der Waals surface area contributed by atoms with E-state index in [1.807, 2.05) is 6.07 Å². The Morgan fingerprint density at radius 1 is 1.30 bits per heavy atom. The summed E-state index contributed by atoms with van der Waals surface area (Å²) in [5, 5.41) is 2.40. The van der Waals surface area contributed by atoms with Gasteiger partial charge in [0.1, 0.15) is 11.6 Å². The first-order valence-electron chi connectivity index (χ1n) is 5.61. The lowest BCUT2D eigenvalue weighted by Crippen LogP contribution is -2.15. The maximum absolute atomic E-state index is 13.3. The van der Waals surface area contributed by atoms with Crippen LogP contribution in [0.4, 0.5) is 14.5 Å². The molecule has 1 aromatic carbocycles. The smallest absolute Gasteiger partial charge is 0.234 e. The highest BCUT2D eigenvalue weighted by molar-refractivity contribution is 7.99. The number of hydrogen-bond donors (Lipinski definition) is 1. The third-order valence-corrected chi connectivity index (χ3v) is 4.71. The van der Waals surface area contributed by atoms with Gasteiger partial charge >= 0.3 is 0 Å². The van der Waals surface area contributed by atoms with Crippen molar-refractivity contribution < 1.29 is 13.6 Å². The molecule has 2 aromatic rings. The van der Waals surface area contributed by atoms with Crippen molar-refractivity contribution in [3.63, 3.8) is 0 Å². The number of benzene rings is 1. The number of anilines is 1. The number of carbonyl (C=O) groups is 1. The number of thiophene rings is 1.